The largest absolute Gasteiger partial charge is 0.415 e. The molecule has 1 aliphatic rings. The molecule has 4 rings (SSSR count). The van der Waals surface area contributed by atoms with Gasteiger partial charge in [-0.3, -0.25) is 4.98 Å². The van der Waals surface area contributed by atoms with Gasteiger partial charge in [0.15, 0.2) is 5.75 Å². The van der Waals surface area contributed by atoms with Crippen molar-refractivity contribution < 1.29 is 13.9 Å². The zero-order chi connectivity index (χ0) is 19.5. The van der Waals surface area contributed by atoms with Gasteiger partial charge in [0.05, 0.1) is 5.69 Å². The van der Waals surface area contributed by atoms with E-state index in [0.29, 0.717) is 30.5 Å². The Morgan fingerprint density at radius 2 is 1.89 bits per heavy atom. The van der Waals surface area contributed by atoms with E-state index in [1.54, 1.807) is 35.4 Å². The van der Waals surface area contributed by atoms with Crippen LogP contribution in [-0.4, -0.2) is 34.1 Å². The number of likely N-dealkylation sites (tertiary alicyclic amines) is 1. The number of pyridine rings is 1. The maximum atomic E-state index is 13.1. The molecule has 1 aliphatic heterocycles. The molecule has 28 heavy (non-hydrogen) atoms. The highest BCUT2D eigenvalue weighted by Gasteiger charge is 2.26. The molecule has 1 N–H and O–H groups in total. The van der Waals surface area contributed by atoms with E-state index in [4.69, 9.17) is 4.74 Å². The first kappa shape index (κ1) is 18.2. The summed E-state index contributed by atoms with van der Waals surface area (Å²) < 4.78 is 18.6. The molecule has 0 saturated carbocycles. The molecule has 1 aromatic carbocycles. The van der Waals surface area contributed by atoms with Gasteiger partial charge in [-0.15, -0.1) is 0 Å². The first-order valence-electron chi connectivity index (χ1n) is 9.43. The van der Waals surface area contributed by atoms with Gasteiger partial charge in [0, 0.05) is 36.6 Å². The lowest BCUT2D eigenvalue weighted by Crippen LogP contribution is -2.39. The van der Waals surface area contributed by atoms with Crippen LogP contribution in [0, 0.1) is 12.7 Å². The first-order chi connectivity index (χ1) is 13.6. The number of amides is 1. The van der Waals surface area contributed by atoms with Gasteiger partial charge >= 0.3 is 6.09 Å². The molecule has 0 bridgehead atoms. The molecular formula is C22H22FN3O2. The molecule has 6 heteroatoms. The summed E-state index contributed by atoms with van der Waals surface area (Å²) in [6.07, 6.45) is 3.08. The lowest BCUT2D eigenvalue weighted by atomic mass is 9.94. The highest BCUT2D eigenvalue weighted by Crippen LogP contribution is 2.30. The summed E-state index contributed by atoms with van der Waals surface area (Å²) in [4.78, 5) is 21.7. The Kier molecular flexibility index (Phi) is 5.10. The third-order valence-electron chi connectivity index (χ3n) is 5.21. The Hall–Kier alpha value is -3.15. The minimum Gasteiger partial charge on any atom is -0.408 e. The predicted octanol–water partition coefficient (Wildman–Crippen LogP) is 4.90. The lowest BCUT2D eigenvalue weighted by molar-refractivity contribution is 0.138. The fourth-order valence-corrected chi connectivity index (χ4v) is 3.56. The number of H-pyrrole nitrogens is 1. The highest BCUT2D eigenvalue weighted by atomic mass is 19.1. The van der Waals surface area contributed by atoms with E-state index in [0.717, 1.165) is 29.8 Å². The van der Waals surface area contributed by atoms with Crippen molar-refractivity contribution in [3.8, 4) is 17.0 Å². The Bertz CT molecular complexity index is 960. The molecule has 1 amide bonds. The first-order valence-corrected chi connectivity index (χ1v) is 9.43. The van der Waals surface area contributed by atoms with E-state index >= 15 is 0 Å². The van der Waals surface area contributed by atoms with Gasteiger partial charge in [-0.25, -0.2) is 9.18 Å². The maximum Gasteiger partial charge on any atom is 0.415 e. The lowest BCUT2D eigenvalue weighted by Gasteiger charge is -2.31. The minimum absolute atomic E-state index is 0.240. The Labute approximate surface area is 163 Å². The van der Waals surface area contributed by atoms with Crippen LogP contribution < -0.4 is 4.74 Å². The number of carbonyl (C=O) groups is 1. The normalized spacial score (nSPS) is 14.9. The van der Waals surface area contributed by atoms with Crippen molar-refractivity contribution in [2.24, 2.45) is 0 Å². The van der Waals surface area contributed by atoms with Gasteiger partial charge in [0.25, 0.3) is 0 Å². The van der Waals surface area contributed by atoms with Gasteiger partial charge in [0.2, 0.25) is 0 Å². The van der Waals surface area contributed by atoms with Crippen LogP contribution in [0.5, 0.6) is 5.75 Å². The number of aryl methyl sites for hydroxylation is 1. The molecule has 5 nitrogen and oxygen atoms in total. The quantitative estimate of drug-likeness (QED) is 0.704. The molecule has 3 aromatic rings. The van der Waals surface area contributed by atoms with Crippen LogP contribution in [0.25, 0.3) is 11.3 Å². The smallest absolute Gasteiger partial charge is 0.408 e. The Morgan fingerprint density at radius 3 is 2.61 bits per heavy atom. The van der Waals surface area contributed by atoms with Crippen molar-refractivity contribution in [1.82, 2.24) is 14.9 Å². The van der Waals surface area contributed by atoms with Crippen molar-refractivity contribution in [3.63, 3.8) is 0 Å². The third-order valence-corrected chi connectivity index (χ3v) is 5.21. The van der Waals surface area contributed by atoms with Crippen molar-refractivity contribution in [2.75, 3.05) is 13.1 Å². The molecule has 0 aliphatic carbocycles. The van der Waals surface area contributed by atoms with Crippen LogP contribution in [-0.2, 0) is 0 Å². The summed E-state index contributed by atoms with van der Waals surface area (Å²) in [6, 6.07) is 14.1. The topological polar surface area (TPSA) is 58.2 Å². The van der Waals surface area contributed by atoms with E-state index in [-0.39, 0.29) is 11.9 Å². The number of hydrogen-bond donors (Lipinski definition) is 1. The number of ether oxygens (including phenoxy) is 1. The second-order valence-electron chi connectivity index (χ2n) is 7.05. The minimum atomic E-state index is -0.326. The van der Waals surface area contributed by atoms with Crippen molar-refractivity contribution >= 4 is 6.09 Å². The standard InChI is InChI=1S/C22H22FN3O2/c1-15-21(3-2-12-24-15)28-22(27)26-13-10-17(11-14-26)20-9-8-19(25-20)16-4-6-18(23)7-5-16/h2-9,12,17,25H,10-11,13-14H2,1H3. The highest BCUT2D eigenvalue weighted by molar-refractivity contribution is 5.71. The summed E-state index contributed by atoms with van der Waals surface area (Å²) in [6.45, 7) is 3.11. The fraction of sp³-hybridized carbons (Fsp3) is 0.273. The predicted molar refractivity (Wildman–Crippen MR) is 105 cm³/mol. The second-order valence-corrected chi connectivity index (χ2v) is 7.05. The molecule has 0 atom stereocenters. The SMILES string of the molecule is Cc1ncccc1OC(=O)N1CCC(c2ccc(-c3ccc(F)cc3)[nH]2)CC1. The number of aromatic amines is 1. The molecule has 0 radical (unpaired) electrons. The van der Waals surface area contributed by atoms with Crippen LogP contribution in [0.4, 0.5) is 9.18 Å². The number of piperidine rings is 1. The van der Waals surface area contributed by atoms with E-state index in [2.05, 4.69) is 16.0 Å². The monoisotopic (exact) mass is 379 g/mol. The second kappa shape index (κ2) is 7.84. The summed E-state index contributed by atoms with van der Waals surface area (Å²) >= 11 is 0. The van der Waals surface area contributed by atoms with E-state index in [9.17, 15) is 9.18 Å². The van der Waals surface area contributed by atoms with Crippen LogP contribution in [0.1, 0.15) is 30.1 Å². The number of rotatable bonds is 3. The van der Waals surface area contributed by atoms with E-state index in [1.807, 2.05) is 13.0 Å². The maximum absolute atomic E-state index is 13.1. The average Bonchev–Trinajstić information content (AvgIpc) is 3.20. The van der Waals surface area contributed by atoms with Crippen LogP contribution >= 0.6 is 0 Å². The number of benzene rings is 1. The van der Waals surface area contributed by atoms with E-state index < -0.39 is 0 Å². The van der Waals surface area contributed by atoms with E-state index in [1.165, 1.54) is 12.1 Å². The molecule has 3 heterocycles. The zero-order valence-corrected chi connectivity index (χ0v) is 15.7. The van der Waals surface area contributed by atoms with Gasteiger partial charge in [-0.1, -0.05) is 0 Å². The molecular weight excluding hydrogens is 357 g/mol. The number of aromatic nitrogens is 2. The number of halogens is 1. The molecule has 0 spiro atoms. The van der Waals surface area contributed by atoms with Crippen molar-refractivity contribution in [1.29, 1.82) is 0 Å². The van der Waals surface area contributed by atoms with Gasteiger partial charge in [-0.2, -0.15) is 0 Å². The van der Waals surface area contributed by atoms with Crippen molar-refractivity contribution in [3.05, 3.63) is 71.9 Å². The van der Waals surface area contributed by atoms with Crippen molar-refractivity contribution in [2.45, 2.75) is 25.7 Å². The van der Waals surface area contributed by atoms with Crippen LogP contribution in [0.3, 0.4) is 0 Å². The molecule has 144 valence electrons. The third kappa shape index (κ3) is 3.91. The zero-order valence-electron chi connectivity index (χ0n) is 15.7. The number of nitrogens with zero attached hydrogens (tertiary/aromatic N) is 2. The Balaban J connectivity index is 1.36. The van der Waals surface area contributed by atoms with Gasteiger partial charge in [0.1, 0.15) is 5.82 Å². The summed E-state index contributed by atoms with van der Waals surface area (Å²) in [5.41, 5.74) is 3.78. The Morgan fingerprint density at radius 1 is 1.14 bits per heavy atom. The summed E-state index contributed by atoms with van der Waals surface area (Å²) in [5, 5.41) is 0. The van der Waals surface area contributed by atoms with Gasteiger partial charge < -0.3 is 14.6 Å². The molecule has 1 saturated heterocycles. The average molecular weight is 379 g/mol. The summed E-state index contributed by atoms with van der Waals surface area (Å²) in [7, 11) is 0. The van der Waals surface area contributed by atoms with Gasteiger partial charge in [-0.05, 0) is 73.9 Å². The van der Waals surface area contributed by atoms with Crippen LogP contribution in [0.15, 0.2) is 54.7 Å². The molecule has 2 aromatic heterocycles. The van der Waals surface area contributed by atoms with Crippen LogP contribution in [0.2, 0.25) is 0 Å². The number of nitrogens with one attached hydrogen (secondary N) is 1. The molecule has 1 fully saturated rings. The fourth-order valence-electron chi connectivity index (χ4n) is 3.56. The molecule has 0 unspecified atom stereocenters. The number of carbonyl (C=O) groups excluding carboxylic acids is 1. The summed E-state index contributed by atoms with van der Waals surface area (Å²) in [5.74, 6) is 0.623. The number of hydrogen-bond acceptors (Lipinski definition) is 3.